The summed E-state index contributed by atoms with van der Waals surface area (Å²) in [6.45, 7) is 2.91. The summed E-state index contributed by atoms with van der Waals surface area (Å²) in [4.78, 5) is 19.3. The van der Waals surface area contributed by atoms with Crippen LogP contribution in [0.3, 0.4) is 0 Å². The average molecular weight is 410 g/mol. The maximum Gasteiger partial charge on any atom is 0.237 e. The normalized spacial score (nSPS) is 16.9. The number of piperidine rings is 1. The standard InChI is InChI=1S/C19H21ClFN3O2S/c20-10-17(25)24-6-3-12(4-7-24)11-22-19-23-18-14-9-13(21)1-2-15(14)26-8-5-16(18)27-19/h1-2,9,12H,3-8,10-11H2,(H,22,23). The molecule has 0 atom stereocenters. The predicted molar refractivity (Wildman–Crippen MR) is 105 cm³/mol. The molecule has 1 aromatic heterocycles. The van der Waals surface area contributed by atoms with Crippen LogP contribution in [0.15, 0.2) is 18.2 Å². The lowest BCUT2D eigenvalue weighted by atomic mass is 9.97. The van der Waals surface area contributed by atoms with Crippen molar-refractivity contribution in [2.75, 3.05) is 37.4 Å². The highest BCUT2D eigenvalue weighted by molar-refractivity contribution is 7.16. The Morgan fingerprint density at radius 1 is 1.41 bits per heavy atom. The number of aromatic nitrogens is 1. The topological polar surface area (TPSA) is 54.5 Å². The molecule has 4 rings (SSSR count). The predicted octanol–water partition coefficient (Wildman–Crippen LogP) is 3.77. The fourth-order valence-electron chi connectivity index (χ4n) is 3.58. The third-order valence-electron chi connectivity index (χ3n) is 5.10. The van der Waals surface area contributed by atoms with Gasteiger partial charge in [0.1, 0.15) is 17.4 Å². The van der Waals surface area contributed by atoms with Crippen molar-refractivity contribution in [2.24, 2.45) is 5.92 Å². The molecule has 144 valence electrons. The van der Waals surface area contributed by atoms with Gasteiger partial charge in [-0.05, 0) is 37.0 Å². The second-order valence-corrected chi connectivity index (χ2v) is 8.22. The third-order valence-corrected chi connectivity index (χ3v) is 6.41. The number of carbonyl (C=O) groups is 1. The molecule has 1 fully saturated rings. The lowest BCUT2D eigenvalue weighted by Crippen LogP contribution is -2.40. The molecule has 2 aliphatic heterocycles. The first-order chi connectivity index (χ1) is 13.1. The number of hydrogen-bond donors (Lipinski definition) is 1. The van der Waals surface area contributed by atoms with Crippen molar-refractivity contribution in [1.29, 1.82) is 0 Å². The number of hydrogen-bond acceptors (Lipinski definition) is 5. The van der Waals surface area contributed by atoms with E-state index in [-0.39, 0.29) is 17.6 Å². The molecule has 5 nitrogen and oxygen atoms in total. The van der Waals surface area contributed by atoms with Crippen LogP contribution in [0.4, 0.5) is 9.52 Å². The van der Waals surface area contributed by atoms with Crippen molar-refractivity contribution in [1.82, 2.24) is 9.88 Å². The van der Waals surface area contributed by atoms with E-state index in [1.807, 2.05) is 4.90 Å². The van der Waals surface area contributed by atoms with Crippen LogP contribution >= 0.6 is 22.9 Å². The number of ether oxygens (including phenoxy) is 1. The van der Waals surface area contributed by atoms with E-state index in [0.29, 0.717) is 18.3 Å². The van der Waals surface area contributed by atoms with Crippen LogP contribution in [0.2, 0.25) is 0 Å². The SMILES string of the molecule is O=C(CCl)N1CCC(CNc2nc3c(s2)CCOc2ccc(F)cc2-3)CC1. The van der Waals surface area contributed by atoms with Gasteiger partial charge < -0.3 is 15.0 Å². The average Bonchev–Trinajstić information content (AvgIpc) is 3.02. The van der Waals surface area contributed by atoms with Gasteiger partial charge in [-0.2, -0.15) is 0 Å². The van der Waals surface area contributed by atoms with Crippen LogP contribution < -0.4 is 10.1 Å². The number of benzene rings is 1. The zero-order valence-corrected chi connectivity index (χ0v) is 16.4. The van der Waals surface area contributed by atoms with Gasteiger partial charge in [0, 0.05) is 36.5 Å². The van der Waals surface area contributed by atoms with Crippen LogP contribution in [-0.2, 0) is 11.2 Å². The lowest BCUT2D eigenvalue weighted by molar-refractivity contribution is -0.129. The van der Waals surface area contributed by atoms with Gasteiger partial charge >= 0.3 is 0 Å². The molecule has 0 unspecified atom stereocenters. The van der Waals surface area contributed by atoms with Gasteiger partial charge in [0.2, 0.25) is 5.91 Å². The van der Waals surface area contributed by atoms with Gasteiger partial charge in [0.15, 0.2) is 5.13 Å². The number of halogens is 2. The maximum absolute atomic E-state index is 13.7. The van der Waals surface area contributed by atoms with E-state index < -0.39 is 0 Å². The molecule has 0 spiro atoms. The monoisotopic (exact) mass is 409 g/mol. The zero-order valence-electron chi connectivity index (χ0n) is 14.8. The van der Waals surface area contributed by atoms with Gasteiger partial charge in [-0.1, -0.05) is 0 Å². The Balaban J connectivity index is 1.41. The summed E-state index contributed by atoms with van der Waals surface area (Å²) >= 11 is 7.24. The Bertz CT molecular complexity index is 836. The summed E-state index contributed by atoms with van der Waals surface area (Å²) in [5.74, 6) is 0.967. The molecule has 0 bridgehead atoms. The van der Waals surface area contributed by atoms with Crippen LogP contribution in [0.1, 0.15) is 17.7 Å². The minimum atomic E-state index is -0.286. The third kappa shape index (κ3) is 4.04. The van der Waals surface area contributed by atoms with Crippen molar-refractivity contribution in [3.8, 4) is 17.0 Å². The van der Waals surface area contributed by atoms with Crippen LogP contribution in [0, 0.1) is 11.7 Å². The number of carbonyl (C=O) groups excluding carboxylic acids is 1. The van der Waals surface area contributed by atoms with E-state index in [4.69, 9.17) is 21.3 Å². The number of amides is 1. The molecule has 2 aliphatic rings. The van der Waals surface area contributed by atoms with E-state index >= 15 is 0 Å². The number of anilines is 1. The number of rotatable bonds is 4. The Hall–Kier alpha value is -1.86. The minimum Gasteiger partial charge on any atom is -0.493 e. The quantitative estimate of drug-likeness (QED) is 0.781. The zero-order chi connectivity index (χ0) is 18.8. The van der Waals surface area contributed by atoms with Crippen molar-refractivity contribution in [2.45, 2.75) is 19.3 Å². The fourth-order valence-corrected chi connectivity index (χ4v) is 4.71. The molecule has 0 aliphatic carbocycles. The molecular weight excluding hydrogens is 389 g/mol. The first-order valence-electron chi connectivity index (χ1n) is 9.14. The Labute approximate surface area is 166 Å². The Kier molecular flexibility index (Phi) is 5.50. The van der Waals surface area contributed by atoms with Crippen LogP contribution in [-0.4, -0.2) is 47.9 Å². The van der Waals surface area contributed by atoms with Crippen molar-refractivity contribution < 1.29 is 13.9 Å². The molecule has 0 radical (unpaired) electrons. The first kappa shape index (κ1) is 18.5. The number of nitrogens with zero attached hydrogens (tertiary/aromatic N) is 2. The second-order valence-electron chi connectivity index (χ2n) is 6.87. The van der Waals surface area contributed by atoms with Crippen LogP contribution in [0.5, 0.6) is 5.75 Å². The number of nitrogens with one attached hydrogen (secondary N) is 1. The maximum atomic E-state index is 13.7. The molecule has 1 amide bonds. The number of alkyl halides is 1. The summed E-state index contributed by atoms with van der Waals surface area (Å²) in [5, 5.41) is 4.30. The Morgan fingerprint density at radius 3 is 3.00 bits per heavy atom. The highest BCUT2D eigenvalue weighted by atomic mass is 35.5. The summed E-state index contributed by atoms with van der Waals surface area (Å²) < 4.78 is 19.4. The van der Waals surface area contributed by atoms with E-state index in [9.17, 15) is 9.18 Å². The fraction of sp³-hybridized carbons (Fsp3) is 0.474. The Morgan fingerprint density at radius 2 is 2.22 bits per heavy atom. The van der Waals surface area contributed by atoms with Crippen molar-refractivity contribution in [3.63, 3.8) is 0 Å². The van der Waals surface area contributed by atoms with Gasteiger partial charge in [-0.15, -0.1) is 22.9 Å². The minimum absolute atomic E-state index is 0.0138. The largest absolute Gasteiger partial charge is 0.493 e. The molecular formula is C19H21ClFN3O2S. The lowest BCUT2D eigenvalue weighted by Gasteiger charge is -2.31. The molecule has 1 N–H and O–H groups in total. The number of thiazole rings is 1. The number of fused-ring (bicyclic) bond motifs is 3. The molecule has 2 aromatic rings. The summed E-state index contributed by atoms with van der Waals surface area (Å²) in [6, 6.07) is 4.57. The molecule has 27 heavy (non-hydrogen) atoms. The molecule has 8 heteroatoms. The highest BCUT2D eigenvalue weighted by Gasteiger charge is 2.24. The van der Waals surface area contributed by atoms with Gasteiger partial charge in [0.05, 0.1) is 12.3 Å². The van der Waals surface area contributed by atoms with E-state index in [2.05, 4.69) is 5.32 Å². The van der Waals surface area contributed by atoms with Crippen molar-refractivity contribution in [3.05, 3.63) is 28.9 Å². The van der Waals surface area contributed by atoms with E-state index in [0.717, 1.165) is 60.2 Å². The smallest absolute Gasteiger partial charge is 0.237 e. The van der Waals surface area contributed by atoms with E-state index in [1.165, 1.54) is 12.1 Å². The number of likely N-dealkylation sites (tertiary alicyclic amines) is 1. The van der Waals surface area contributed by atoms with Gasteiger partial charge in [-0.3, -0.25) is 4.79 Å². The van der Waals surface area contributed by atoms with E-state index in [1.54, 1.807) is 17.4 Å². The molecule has 1 saturated heterocycles. The summed E-state index contributed by atoms with van der Waals surface area (Å²) in [7, 11) is 0. The van der Waals surface area contributed by atoms with Crippen LogP contribution in [0.25, 0.3) is 11.3 Å². The highest BCUT2D eigenvalue weighted by Crippen LogP contribution is 2.39. The molecule has 3 heterocycles. The van der Waals surface area contributed by atoms with Crippen molar-refractivity contribution >= 4 is 34.0 Å². The summed E-state index contributed by atoms with van der Waals surface area (Å²) in [5.41, 5.74) is 1.54. The van der Waals surface area contributed by atoms with Gasteiger partial charge in [0.25, 0.3) is 0 Å². The molecule has 0 saturated carbocycles. The summed E-state index contributed by atoms with van der Waals surface area (Å²) in [6.07, 6.45) is 2.69. The second kappa shape index (κ2) is 8.02. The van der Waals surface area contributed by atoms with Gasteiger partial charge in [-0.25, -0.2) is 9.37 Å². The molecule has 1 aromatic carbocycles. The first-order valence-corrected chi connectivity index (χ1v) is 10.5.